The van der Waals surface area contributed by atoms with Gasteiger partial charge in [0.1, 0.15) is 0 Å². The Morgan fingerprint density at radius 1 is 1.24 bits per heavy atom. The van der Waals surface area contributed by atoms with Crippen molar-refractivity contribution in [3.63, 3.8) is 0 Å². The summed E-state index contributed by atoms with van der Waals surface area (Å²) in [6, 6.07) is 0. The molecule has 0 aliphatic rings. The summed E-state index contributed by atoms with van der Waals surface area (Å²) in [6.07, 6.45) is 5.09. The van der Waals surface area contributed by atoms with Crippen LogP contribution in [0, 0.1) is 17.8 Å². The number of nitrogens with one attached hydrogen (secondary N) is 1. The van der Waals surface area contributed by atoms with Gasteiger partial charge in [0.05, 0.1) is 0 Å². The molecule has 1 heterocycles. The monoisotopic (exact) mass is 237 g/mol. The van der Waals surface area contributed by atoms with E-state index < -0.39 is 0 Å². The first-order valence-corrected chi connectivity index (χ1v) is 6.81. The van der Waals surface area contributed by atoms with E-state index in [1.165, 1.54) is 0 Å². The smallest absolute Gasteiger partial charge is 0.202 e. The molecule has 0 amide bonds. The minimum Gasteiger partial charge on any atom is -0.356 e. The van der Waals surface area contributed by atoms with E-state index >= 15 is 0 Å². The SMILES string of the molecule is CCCNc1nccn1CC(C(C)C)C(C)C. The lowest BCUT2D eigenvalue weighted by molar-refractivity contribution is 0.253. The van der Waals surface area contributed by atoms with Crippen LogP contribution in [0.15, 0.2) is 12.4 Å². The first-order chi connectivity index (χ1) is 8.06. The van der Waals surface area contributed by atoms with Crippen molar-refractivity contribution < 1.29 is 0 Å². The maximum absolute atomic E-state index is 4.38. The minimum atomic E-state index is 0.700. The number of rotatable bonds is 7. The molecule has 0 aliphatic carbocycles. The largest absolute Gasteiger partial charge is 0.356 e. The van der Waals surface area contributed by atoms with Gasteiger partial charge in [0.15, 0.2) is 0 Å². The number of imidazole rings is 1. The Kier molecular flexibility index (Phi) is 5.52. The zero-order valence-corrected chi connectivity index (χ0v) is 11.9. The molecule has 17 heavy (non-hydrogen) atoms. The van der Waals surface area contributed by atoms with Crippen LogP contribution in [0.1, 0.15) is 41.0 Å². The first-order valence-electron chi connectivity index (χ1n) is 6.81. The third-order valence-corrected chi connectivity index (χ3v) is 3.37. The fourth-order valence-electron chi connectivity index (χ4n) is 2.28. The van der Waals surface area contributed by atoms with E-state index in [1.807, 2.05) is 6.20 Å². The molecule has 98 valence electrons. The molecule has 1 aromatic heterocycles. The van der Waals surface area contributed by atoms with E-state index in [-0.39, 0.29) is 0 Å². The average Bonchev–Trinajstić information content (AvgIpc) is 2.69. The van der Waals surface area contributed by atoms with E-state index in [2.05, 4.69) is 55.7 Å². The molecule has 0 radical (unpaired) electrons. The molecule has 0 unspecified atom stereocenters. The Morgan fingerprint density at radius 2 is 1.88 bits per heavy atom. The van der Waals surface area contributed by atoms with Crippen LogP contribution in [0.3, 0.4) is 0 Å². The number of nitrogens with zero attached hydrogens (tertiary/aromatic N) is 2. The highest BCUT2D eigenvalue weighted by atomic mass is 15.2. The number of anilines is 1. The quantitative estimate of drug-likeness (QED) is 0.784. The number of hydrogen-bond acceptors (Lipinski definition) is 2. The van der Waals surface area contributed by atoms with Gasteiger partial charge in [0, 0.05) is 25.5 Å². The van der Waals surface area contributed by atoms with Gasteiger partial charge in [-0.05, 0) is 24.2 Å². The highest BCUT2D eigenvalue weighted by molar-refractivity contribution is 5.25. The van der Waals surface area contributed by atoms with Gasteiger partial charge in [-0.15, -0.1) is 0 Å². The highest BCUT2D eigenvalue weighted by Crippen LogP contribution is 2.23. The second-order valence-electron chi connectivity index (χ2n) is 5.48. The van der Waals surface area contributed by atoms with Gasteiger partial charge >= 0.3 is 0 Å². The lowest BCUT2D eigenvalue weighted by Gasteiger charge is -2.26. The molecule has 1 N–H and O–H groups in total. The number of hydrogen-bond donors (Lipinski definition) is 1. The molecule has 0 fully saturated rings. The molecule has 1 aromatic rings. The van der Waals surface area contributed by atoms with Crippen molar-refractivity contribution in [1.29, 1.82) is 0 Å². The third kappa shape index (κ3) is 4.06. The van der Waals surface area contributed by atoms with Crippen molar-refractivity contribution >= 4 is 5.95 Å². The van der Waals surface area contributed by atoms with Crippen molar-refractivity contribution in [2.45, 2.75) is 47.6 Å². The van der Waals surface area contributed by atoms with Gasteiger partial charge in [-0.1, -0.05) is 34.6 Å². The van der Waals surface area contributed by atoms with Crippen molar-refractivity contribution in [2.75, 3.05) is 11.9 Å². The van der Waals surface area contributed by atoms with Crippen LogP contribution < -0.4 is 5.32 Å². The Labute approximate surface area is 106 Å². The summed E-state index contributed by atoms with van der Waals surface area (Å²) in [6.45, 7) is 13.4. The minimum absolute atomic E-state index is 0.700. The van der Waals surface area contributed by atoms with Crippen LogP contribution in [0.2, 0.25) is 0 Å². The van der Waals surface area contributed by atoms with Gasteiger partial charge in [0.2, 0.25) is 5.95 Å². The molecule has 0 aliphatic heterocycles. The zero-order chi connectivity index (χ0) is 12.8. The standard InChI is InChI=1S/C14H27N3/c1-6-7-15-14-16-8-9-17(14)10-13(11(2)3)12(4)5/h8-9,11-13H,6-7,10H2,1-5H3,(H,15,16). The van der Waals surface area contributed by atoms with E-state index in [0.29, 0.717) is 17.8 Å². The topological polar surface area (TPSA) is 29.9 Å². The lowest BCUT2D eigenvalue weighted by atomic mass is 9.85. The van der Waals surface area contributed by atoms with E-state index in [4.69, 9.17) is 0 Å². The van der Waals surface area contributed by atoms with Crippen molar-refractivity contribution in [1.82, 2.24) is 9.55 Å². The summed E-state index contributed by atoms with van der Waals surface area (Å²) >= 11 is 0. The Balaban J connectivity index is 2.69. The van der Waals surface area contributed by atoms with Crippen molar-refractivity contribution in [3.8, 4) is 0 Å². The molecular weight excluding hydrogens is 210 g/mol. The van der Waals surface area contributed by atoms with Crippen LogP contribution in [0.25, 0.3) is 0 Å². The Bertz CT molecular complexity index is 307. The molecule has 1 rings (SSSR count). The first kappa shape index (κ1) is 14.1. The predicted molar refractivity (Wildman–Crippen MR) is 74.2 cm³/mol. The van der Waals surface area contributed by atoms with E-state index in [1.54, 1.807) is 0 Å². The van der Waals surface area contributed by atoms with E-state index in [0.717, 1.165) is 25.5 Å². The summed E-state index contributed by atoms with van der Waals surface area (Å²) in [5.41, 5.74) is 0. The zero-order valence-electron chi connectivity index (χ0n) is 11.9. The summed E-state index contributed by atoms with van der Waals surface area (Å²) < 4.78 is 2.25. The van der Waals surface area contributed by atoms with Gasteiger partial charge in [-0.3, -0.25) is 0 Å². The maximum Gasteiger partial charge on any atom is 0.202 e. The molecule has 0 spiro atoms. The molecule has 0 saturated carbocycles. The van der Waals surface area contributed by atoms with Crippen LogP contribution in [-0.4, -0.2) is 16.1 Å². The molecular formula is C14H27N3. The summed E-state index contributed by atoms with van der Waals surface area (Å²) in [7, 11) is 0. The predicted octanol–water partition coefficient (Wildman–Crippen LogP) is 3.63. The summed E-state index contributed by atoms with van der Waals surface area (Å²) in [5, 5.41) is 3.38. The van der Waals surface area contributed by atoms with Crippen LogP contribution >= 0.6 is 0 Å². The van der Waals surface area contributed by atoms with Gasteiger partial charge in [-0.25, -0.2) is 4.98 Å². The fraction of sp³-hybridized carbons (Fsp3) is 0.786. The van der Waals surface area contributed by atoms with Crippen molar-refractivity contribution in [3.05, 3.63) is 12.4 Å². The Morgan fingerprint density at radius 3 is 2.41 bits per heavy atom. The molecule has 0 atom stereocenters. The molecule has 3 nitrogen and oxygen atoms in total. The van der Waals surface area contributed by atoms with Crippen LogP contribution in [-0.2, 0) is 6.54 Å². The lowest BCUT2D eigenvalue weighted by Crippen LogP contribution is -2.22. The molecule has 0 aromatic carbocycles. The molecule has 0 saturated heterocycles. The van der Waals surface area contributed by atoms with Gasteiger partial charge in [0.25, 0.3) is 0 Å². The summed E-state index contributed by atoms with van der Waals surface area (Å²) in [5.74, 6) is 3.12. The Hall–Kier alpha value is -0.990. The second kappa shape index (κ2) is 6.67. The van der Waals surface area contributed by atoms with Gasteiger partial charge < -0.3 is 9.88 Å². The second-order valence-corrected chi connectivity index (χ2v) is 5.48. The summed E-state index contributed by atoms with van der Waals surface area (Å²) in [4.78, 5) is 4.38. The third-order valence-electron chi connectivity index (χ3n) is 3.37. The molecule has 3 heteroatoms. The maximum atomic E-state index is 4.38. The number of aromatic nitrogens is 2. The van der Waals surface area contributed by atoms with Crippen molar-refractivity contribution in [2.24, 2.45) is 17.8 Å². The van der Waals surface area contributed by atoms with E-state index in [9.17, 15) is 0 Å². The van der Waals surface area contributed by atoms with Crippen LogP contribution in [0.4, 0.5) is 5.95 Å². The average molecular weight is 237 g/mol. The normalized spacial score (nSPS) is 11.8. The van der Waals surface area contributed by atoms with Gasteiger partial charge in [-0.2, -0.15) is 0 Å². The fourth-order valence-corrected chi connectivity index (χ4v) is 2.28. The van der Waals surface area contributed by atoms with Crippen LogP contribution in [0.5, 0.6) is 0 Å². The highest BCUT2D eigenvalue weighted by Gasteiger charge is 2.19. The molecule has 0 bridgehead atoms.